The van der Waals surface area contributed by atoms with Crippen molar-refractivity contribution in [3.05, 3.63) is 0 Å². The molecule has 0 aromatic rings. The molecule has 2 aliphatic rings. The zero-order chi connectivity index (χ0) is 12.5. The Morgan fingerprint density at radius 2 is 1.82 bits per heavy atom. The van der Waals surface area contributed by atoms with E-state index in [0.29, 0.717) is 23.0 Å². The van der Waals surface area contributed by atoms with E-state index in [-0.39, 0.29) is 0 Å². The zero-order valence-electron chi connectivity index (χ0n) is 11.8. The van der Waals surface area contributed by atoms with Gasteiger partial charge in [-0.1, -0.05) is 40.0 Å². The highest BCUT2D eigenvalue weighted by molar-refractivity contribution is 5.07. The van der Waals surface area contributed by atoms with Crippen molar-refractivity contribution in [2.24, 2.45) is 16.6 Å². The van der Waals surface area contributed by atoms with Crippen LogP contribution in [0.15, 0.2) is 0 Å². The number of ether oxygens (including phenoxy) is 1. The molecule has 0 radical (unpaired) electrons. The van der Waals surface area contributed by atoms with Crippen LogP contribution in [0.25, 0.3) is 0 Å². The molecular weight excluding hydrogens is 210 g/mol. The Morgan fingerprint density at radius 1 is 1.18 bits per heavy atom. The van der Waals surface area contributed by atoms with Crippen molar-refractivity contribution < 1.29 is 4.74 Å². The first-order valence-electron chi connectivity index (χ1n) is 7.31. The van der Waals surface area contributed by atoms with Crippen LogP contribution in [-0.4, -0.2) is 18.8 Å². The molecule has 2 unspecified atom stereocenters. The third kappa shape index (κ3) is 2.85. The highest BCUT2D eigenvalue weighted by Crippen LogP contribution is 2.52. The molecule has 0 heterocycles. The molecule has 2 atom stereocenters. The lowest BCUT2D eigenvalue weighted by molar-refractivity contribution is -0.146. The lowest BCUT2D eigenvalue weighted by atomic mass is 9.55. The van der Waals surface area contributed by atoms with Gasteiger partial charge in [-0.25, -0.2) is 0 Å². The zero-order valence-corrected chi connectivity index (χ0v) is 11.8. The molecule has 0 aliphatic heterocycles. The van der Waals surface area contributed by atoms with Crippen molar-refractivity contribution in [2.75, 3.05) is 6.61 Å². The molecule has 0 amide bonds. The van der Waals surface area contributed by atoms with Gasteiger partial charge in [-0.3, -0.25) is 0 Å². The maximum atomic E-state index is 6.26. The summed E-state index contributed by atoms with van der Waals surface area (Å²) in [6.45, 7) is 7.74. The van der Waals surface area contributed by atoms with Gasteiger partial charge in [0.2, 0.25) is 0 Å². The van der Waals surface area contributed by atoms with Crippen LogP contribution in [0.3, 0.4) is 0 Å². The summed E-state index contributed by atoms with van der Waals surface area (Å²) in [6.07, 6.45) is 9.39. The van der Waals surface area contributed by atoms with Crippen molar-refractivity contribution in [3.8, 4) is 0 Å². The summed E-state index contributed by atoms with van der Waals surface area (Å²) < 4.78 is 6.14. The number of rotatable bonds is 3. The maximum absolute atomic E-state index is 6.26. The fourth-order valence-corrected chi connectivity index (χ4v) is 3.42. The fraction of sp³-hybridized carbons (Fsp3) is 1.00. The standard InChI is InChI=1S/C15H29NO/c1-14(2,3)9-10-17-13-11-12(16)15(13)7-5-4-6-8-15/h12-13H,4-11,16H2,1-3H3. The number of nitrogens with two attached hydrogens (primary N) is 1. The molecule has 0 bridgehead atoms. The smallest absolute Gasteiger partial charge is 0.0661 e. The lowest BCUT2D eigenvalue weighted by Gasteiger charge is -2.56. The van der Waals surface area contributed by atoms with Gasteiger partial charge in [0.05, 0.1) is 6.10 Å². The van der Waals surface area contributed by atoms with Crippen LogP contribution in [0.2, 0.25) is 0 Å². The largest absolute Gasteiger partial charge is 0.377 e. The minimum Gasteiger partial charge on any atom is -0.377 e. The average Bonchev–Trinajstić information content (AvgIpc) is 2.28. The minimum absolute atomic E-state index is 0.357. The number of hydrogen-bond donors (Lipinski definition) is 1. The van der Waals surface area contributed by atoms with E-state index in [2.05, 4.69) is 20.8 Å². The summed E-state index contributed by atoms with van der Waals surface area (Å²) in [5.41, 5.74) is 6.99. The molecule has 2 fully saturated rings. The van der Waals surface area contributed by atoms with Crippen LogP contribution in [0.5, 0.6) is 0 Å². The van der Waals surface area contributed by atoms with E-state index < -0.39 is 0 Å². The SMILES string of the molecule is CC(C)(C)CCOC1CC(N)C12CCCCC2. The lowest BCUT2D eigenvalue weighted by Crippen LogP contribution is -2.63. The molecule has 17 heavy (non-hydrogen) atoms. The van der Waals surface area contributed by atoms with Gasteiger partial charge in [-0.15, -0.1) is 0 Å². The van der Waals surface area contributed by atoms with Crippen molar-refractivity contribution in [1.82, 2.24) is 0 Å². The predicted molar refractivity (Wildman–Crippen MR) is 71.9 cm³/mol. The molecule has 2 nitrogen and oxygen atoms in total. The van der Waals surface area contributed by atoms with Gasteiger partial charge < -0.3 is 10.5 Å². The van der Waals surface area contributed by atoms with Crippen molar-refractivity contribution >= 4 is 0 Å². The molecule has 0 saturated heterocycles. The van der Waals surface area contributed by atoms with Gasteiger partial charge in [0.15, 0.2) is 0 Å². The topological polar surface area (TPSA) is 35.2 Å². The summed E-state index contributed by atoms with van der Waals surface area (Å²) in [4.78, 5) is 0. The third-order valence-electron chi connectivity index (χ3n) is 4.80. The molecule has 0 aromatic heterocycles. The van der Waals surface area contributed by atoms with Gasteiger partial charge in [0, 0.05) is 18.1 Å². The van der Waals surface area contributed by atoms with Crippen LogP contribution in [0.1, 0.15) is 65.7 Å². The van der Waals surface area contributed by atoms with E-state index in [0.717, 1.165) is 19.4 Å². The highest BCUT2D eigenvalue weighted by Gasteiger charge is 2.53. The molecule has 0 aromatic carbocycles. The Kier molecular flexibility index (Phi) is 3.84. The Balaban J connectivity index is 1.81. The normalized spacial score (nSPS) is 32.5. The summed E-state index contributed by atoms with van der Waals surface area (Å²) in [5, 5.41) is 0. The monoisotopic (exact) mass is 239 g/mol. The summed E-state index contributed by atoms with van der Waals surface area (Å²) in [5.74, 6) is 0. The average molecular weight is 239 g/mol. The molecule has 1 spiro atoms. The van der Waals surface area contributed by atoms with Gasteiger partial charge in [0.25, 0.3) is 0 Å². The second-order valence-electron chi connectivity index (χ2n) is 7.31. The first kappa shape index (κ1) is 13.4. The van der Waals surface area contributed by atoms with Crippen LogP contribution < -0.4 is 5.73 Å². The van der Waals surface area contributed by atoms with Crippen LogP contribution >= 0.6 is 0 Å². The van der Waals surface area contributed by atoms with E-state index in [1.807, 2.05) is 0 Å². The van der Waals surface area contributed by atoms with Gasteiger partial charge in [-0.05, 0) is 31.1 Å². The fourth-order valence-electron chi connectivity index (χ4n) is 3.42. The highest BCUT2D eigenvalue weighted by atomic mass is 16.5. The molecule has 2 N–H and O–H groups in total. The molecule has 2 aliphatic carbocycles. The Bertz CT molecular complexity index is 250. The van der Waals surface area contributed by atoms with Crippen molar-refractivity contribution in [3.63, 3.8) is 0 Å². The summed E-state index contributed by atoms with van der Waals surface area (Å²) in [7, 11) is 0. The second-order valence-corrected chi connectivity index (χ2v) is 7.31. The third-order valence-corrected chi connectivity index (χ3v) is 4.80. The quantitative estimate of drug-likeness (QED) is 0.818. The Morgan fingerprint density at radius 3 is 2.35 bits per heavy atom. The van der Waals surface area contributed by atoms with E-state index in [9.17, 15) is 0 Å². The van der Waals surface area contributed by atoms with Gasteiger partial charge in [-0.2, -0.15) is 0 Å². The Labute approximate surface area is 106 Å². The predicted octanol–water partition coefficient (Wildman–Crippen LogP) is 3.49. The Hall–Kier alpha value is -0.0800. The molecule has 2 heteroatoms. The molecule has 2 saturated carbocycles. The van der Waals surface area contributed by atoms with E-state index in [1.54, 1.807) is 0 Å². The van der Waals surface area contributed by atoms with Crippen LogP contribution in [-0.2, 0) is 4.74 Å². The van der Waals surface area contributed by atoms with Crippen molar-refractivity contribution in [1.29, 1.82) is 0 Å². The summed E-state index contributed by atoms with van der Waals surface area (Å²) in [6, 6.07) is 0.405. The van der Waals surface area contributed by atoms with Crippen LogP contribution in [0, 0.1) is 10.8 Å². The second kappa shape index (κ2) is 4.89. The van der Waals surface area contributed by atoms with E-state index in [1.165, 1.54) is 32.1 Å². The van der Waals surface area contributed by atoms with Crippen molar-refractivity contribution in [2.45, 2.75) is 77.9 Å². The maximum Gasteiger partial charge on any atom is 0.0661 e. The molecular formula is C15H29NO. The van der Waals surface area contributed by atoms with Gasteiger partial charge in [0.1, 0.15) is 0 Å². The molecule has 100 valence electrons. The molecule has 2 rings (SSSR count). The van der Waals surface area contributed by atoms with E-state index >= 15 is 0 Å². The minimum atomic E-state index is 0.357. The first-order chi connectivity index (χ1) is 7.94. The summed E-state index contributed by atoms with van der Waals surface area (Å²) >= 11 is 0. The van der Waals surface area contributed by atoms with Crippen LogP contribution in [0.4, 0.5) is 0 Å². The van der Waals surface area contributed by atoms with E-state index in [4.69, 9.17) is 10.5 Å². The number of hydrogen-bond acceptors (Lipinski definition) is 2. The van der Waals surface area contributed by atoms with Gasteiger partial charge >= 0.3 is 0 Å². The first-order valence-corrected chi connectivity index (χ1v) is 7.31.